The van der Waals surface area contributed by atoms with Gasteiger partial charge in [-0.3, -0.25) is 14.9 Å². The summed E-state index contributed by atoms with van der Waals surface area (Å²) in [6, 6.07) is 4.14. The van der Waals surface area contributed by atoms with E-state index in [1.807, 2.05) is 0 Å². The molecule has 1 aromatic carbocycles. The van der Waals surface area contributed by atoms with Gasteiger partial charge in [0.2, 0.25) is 0 Å². The summed E-state index contributed by atoms with van der Waals surface area (Å²) < 4.78 is 0. The van der Waals surface area contributed by atoms with Gasteiger partial charge in [0.1, 0.15) is 0 Å². The topological polar surface area (TPSA) is 110 Å². The fourth-order valence-electron chi connectivity index (χ4n) is 2.52. The number of anilines is 1. The van der Waals surface area contributed by atoms with Crippen LogP contribution in [-0.2, 0) is 0 Å². The molecule has 1 aliphatic rings. The summed E-state index contributed by atoms with van der Waals surface area (Å²) in [5.41, 5.74) is 6.02. The highest BCUT2D eigenvalue weighted by Gasteiger charge is 2.27. The van der Waals surface area contributed by atoms with Crippen LogP contribution >= 0.6 is 0 Å². The van der Waals surface area contributed by atoms with Gasteiger partial charge >= 0.3 is 0 Å². The van der Waals surface area contributed by atoms with E-state index in [9.17, 15) is 14.9 Å². The molecule has 114 valence electrons. The van der Waals surface area contributed by atoms with Gasteiger partial charge in [0.25, 0.3) is 11.6 Å². The minimum atomic E-state index is -0.670. The highest BCUT2D eigenvalue weighted by atomic mass is 16.6. The highest BCUT2D eigenvalue weighted by molar-refractivity contribution is 5.99. The third-order valence-corrected chi connectivity index (χ3v) is 4.00. The van der Waals surface area contributed by atoms with Gasteiger partial charge in [-0.05, 0) is 37.4 Å². The van der Waals surface area contributed by atoms with E-state index in [0.29, 0.717) is 12.2 Å². The number of nitrogens with two attached hydrogens (primary N) is 1. The van der Waals surface area contributed by atoms with Gasteiger partial charge in [-0.2, -0.15) is 0 Å². The van der Waals surface area contributed by atoms with Gasteiger partial charge in [0, 0.05) is 24.4 Å². The average molecular weight is 292 g/mol. The van der Waals surface area contributed by atoms with Crippen LogP contribution < -0.4 is 16.4 Å². The minimum absolute atomic E-state index is 0.137. The van der Waals surface area contributed by atoms with Gasteiger partial charge in [0.05, 0.1) is 10.5 Å². The van der Waals surface area contributed by atoms with E-state index < -0.39 is 10.8 Å². The summed E-state index contributed by atoms with van der Waals surface area (Å²) in [6.45, 7) is 4.84. The number of nitro benzene ring substituents is 1. The largest absolute Gasteiger partial charge is 0.384 e. The smallest absolute Gasteiger partial charge is 0.270 e. The lowest BCUT2D eigenvalue weighted by Gasteiger charge is -2.34. The second kappa shape index (κ2) is 6.09. The second-order valence-electron chi connectivity index (χ2n) is 5.77. The van der Waals surface area contributed by atoms with E-state index >= 15 is 0 Å². The van der Waals surface area contributed by atoms with Crippen molar-refractivity contribution in [1.82, 2.24) is 5.32 Å². The van der Waals surface area contributed by atoms with Crippen molar-refractivity contribution in [2.24, 2.45) is 11.1 Å². The van der Waals surface area contributed by atoms with Crippen LogP contribution in [0.4, 0.5) is 11.4 Å². The zero-order chi connectivity index (χ0) is 15.5. The van der Waals surface area contributed by atoms with Crippen molar-refractivity contribution in [2.45, 2.75) is 19.8 Å². The van der Waals surface area contributed by atoms with Gasteiger partial charge in [-0.1, -0.05) is 6.92 Å². The van der Waals surface area contributed by atoms with Crippen molar-refractivity contribution in [3.05, 3.63) is 33.9 Å². The number of hydrogen-bond donors (Lipinski definition) is 3. The number of rotatable bonds is 5. The lowest BCUT2D eigenvalue weighted by Crippen LogP contribution is -2.39. The van der Waals surface area contributed by atoms with E-state index in [0.717, 1.165) is 25.9 Å². The molecular formula is C14H20N4O3. The van der Waals surface area contributed by atoms with Crippen LogP contribution in [0.15, 0.2) is 18.2 Å². The third kappa shape index (κ3) is 3.69. The molecule has 7 heteroatoms. The van der Waals surface area contributed by atoms with Crippen LogP contribution in [0.2, 0.25) is 0 Å². The molecule has 0 spiro atoms. The molecule has 21 heavy (non-hydrogen) atoms. The molecule has 4 N–H and O–H groups in total. The summed E-state index contributed by atoms with van der Waals surface area (Å²) in [5, 5.41) is 17.3. The van der Waals surface area contributed by atoms with Gasteiger partial charge in [-0.15, -0.1) is 0 Å². The number of nitro groups is 1. The Balaban J connectivity index is 2.15. The Morgan fingerprint density at radius 3 is 2.71 bits per heavy atom. The molecule has 0 radical (unpaired) electrons. The zero-order valence-corrected chi connectivity index (χ0v) is 12.0. The zero-order valence-electron chi connectivity index (χ0n) is 12.0. The molecule has 1 fully saturated rings. The van der Waals surface area contributed by atoms with E-state index in [1.165, 1.54) is 12.1 Å². The first-order valence-electron chi connectivity index (χ1n) is 6.94. The normalized spacial score (nSPS) is 17.2. The molecule has 0 bridgehead atoms. The summed E-state index contributed by atoms with van der Waals surface area (Å²) in [7, 11) is 0. The van der Waals surface area contributed by atoms with Crippen LogP contribution in [0, 0.1) is 15.5 Å². The predicted molar refractivity (Wildman–Crippen MR) is 80.3 cm³/mol. The Bertz CT molecular complexity index is 553. The molecule has 1 aliphatic heterocycles. The maximum atomic E-state index is 11.5. The Morgan fingerprint density at radius 2 is 2.14 bits per heavy atom. The van der Waals surface area contributed by atoms with Crippen LogP contribution in [0.1, 0.15) is 30.1 Å². The molecule has 0 unspecified atom stereocenters. The number of nitrogens with one attached hydrogen (secondary N) is 2. The molecule has 2 rings (SSSR count). The summed E-state index contributed by atoms with van der Waals surface area (Å²) >= 11 is 0. The lowest BCUT2D eigenvalue weighted by molar-refractivity contribution is -0.384. The number of non-ortho nitro benzene ring substituents is 1. The first-order valence-corrected chi connectivity index (χ1v) is 6.94. The van der Waals surface area contributed by atoms with Crippen molar-refractivity contribution in [3.8, 4) is 0 Å². The van der Waals surface area contributed by atoms with Crippen molar-refractivity contribution in [2.75, 3.05) is 25.0 Å². The number of amides is 1. The molecule has 0 saturated carbocycles. The molecule has 1 saturated heterocycles. The molecule has 1 heterocycles. The van der Waals surface area contributed by atoms with Gasteiger partial charge < -0.3 is 16.4 Å². The molecule has 7 nitrogen and oxygen atoms in total. The highest BCUT2D eigenvalue weighted by Crippen LogP contribution is 2.29. The molecule has 0 aliphatic carbocycles. The first kappa shape index (κ1) is 15.2. The number of carbonyl (C=O) groups excluding carboxylic acids is 1. The predicted octanol–water partition coefficient (Wildman–Crippen LogP) is 1.50. The average Bonchev–Trinajstić information content (AvgIpc) is 2.45. The fourth-order valence-corrected chi connectivity index (χ4v) is 2.52. The Labute approximate surface area is 123 Å². The first-order chi connectivity index (χ1) is 9.91. The fraction of sp³-hybridized carbons (Fsp3) is 0.500. The van der Waals surface area contributed by atoms with E-state index in [-0.39, 0.29) is 16.7 Å². The van der Waals surface area contributed by atoms with Crippen LogP contribution in [-0.4, -0.2) is 30.5 Å². The van der Waals surface area contributed by atoms with E-state index in [4.69, 9.17) is 5.73 Å². The van der Waals surface area contributed by atoms with E-state index in [1.54, 1.807) is 6.07 Å². The maximum Gasteiger partial charge on any atom is 0.270 e. The van der Waals surface area contributed by atoms with Crippen molar-refractivity contribution >= 4 is 17.3 Å². The number of primary amides is 1. The summed E-state index contributed by atoms with van der Waals surface area (Å²) in [5.74, 6) is -0.670. The van der Waals surface area contributed by atoms with Crippen LogP contribution in [0.25, 0.3) is 0 Å². The molecule has 0 atom stereocenters. The number of piperidine rings is 1. The maximum absolute atomic E-state index is 11.5. The number of carbonyl (C=O) groups is 1. The number of nitrogens with zero attached hydrogens (tertiary/aromatic N) is 1. The quantitative estimate of drug-likeness (QED) is 0.562. The second-order valence-corrected chi connectivity index (χ2v) is 5.77. The van der Waals surface area contributed by atoms with Crippen LogP contribution in [0.3, 0.4) is 0 Å². The lowest BCUT2D eigenvalue weighted by atomic mass is 9.81. The standard InChI is InChI=1S/C14H20N4O3/c1-14(4-6-16-7-5-14)9-17-12-3-2-10(18(20)21)8-11(12)13(15)19/h2-3,8,16-17H,4-7,9H2,1H3,(H2,15,19). The Morgan fingerprint density at radius 1 is 1.48 bits per heavy atom. The minimum Gasteiger partial charge on any atom is -0.384 e. The van der Waals surface area contributed by atoms with Gasteiger partial charge in [-0.25, -0.2) is 0 Å². The molecular weight excluding hydrogens is 272 g/mol. The number of hydrogen-bond acceptors (Lipinski definition) is 5. The Hall–Kier alpha value is -2.15. The summed E-state index contributed by atoms with van der Waals surface area (Å²) in [4.78, 5) is 21.7. The number of benzene rings is 1. The van der Waals surface area contributed by atoms with E-state index in [2.05, 4.69) is 17.6 Å². The Kier molecular flexibility index (Phi) is 4.42. The van der Waals surface area contributed by atoms with Gasteiger partial charge in [0.15, 0.2) is 0 Å². The third-order valence-electron chi connectivity index (χ3n) is 4.00. The monoisotopic (exact) mass is 292 g/mol. The van der Waals surface area contributed by atoms with Crippen molar-refractivity contribution < 1.29 is 9.72 Å². The summed E-state index contributed by atoms with van der Waals surface area (Å²) in [6.07, 6.45) is 2.08. The van der Waals surface area contributed by atoms with Crippen molar-refractivity contribution in [1.29, 1.82) is 0 Å². The van der Waals surface area contributed by atoms with Crippen molar-refractivity contribution in [3.63, 3.8) is 0 Å². The molecule has 0 aromatic heterocycles. The molecule has 1 aromatic rings. The molecule has 1 amide bonds. The van der Waals surface area contributed by atoms with Crippen LogP contribution in [0.5, 0.6) is 0 Å². The SMILES string of the molecule is CC1(CNc2ccc([N+](=O)[O-])cc2C(N)=O)CCNCC1.